The molecule has 3 nitrogen and oxygen atoms in total. The third-order valence-electron chi connectivity index (χ3n) is 3.24. The Morgan fingerprint density at radius 3 is 2.53 bits per heavy atom. The summed E-state index contributed by atoms with van der Waals surface area (Å²) < 4.78 is 0. The highest BCUT2D eigenvalue weighted by atomic mass is 15.1. The Morgan fingerprint density at radius 2 is 1.94 bits per heavy atom. The number of pyridine rings is 1. The quantitative estimate of drug-likeness (QED) is 0.843. The summed E-state index contributed by atoms with van der Waals surface area (Å²) >= 11 is 0. The molecule has 0 radical (unpaired) electrons. The number of hydrogen-bond acceptors (Lipinski definition) is 3. The van der Waals surface area contributed by atoms with Gasteiger partial charge in [0.25, 0.3) is 0 Å². The van der Waals surface area contributed by atoms with E-state index in [9.17, 15) is 0 Å². The van der Waals surface area contributed by atoms with Gasteiger partial charge in [0, 0.05) is 25.8 Å². The molecule has 3 heteroatoms. The Hall–Kier alpha value is -0.930. The zero-order chi connectivity index (χ0) is 12.1. The van der Waals surface area contributed by atoms with Crippen LogP contribution in [0, 0.1) is 11.8 Å². The SMILES string of the molecule is CC1CNCC(C)CN(Cc2ccccn2)C1. The van der Waals surface area contributed by atoms with Gasteiger partial charge in [-0.1, -0.05) is 19.9 Å². The van der Waals surface area contributed by atoms with Crippen molar-refractivity contribution < 1.29 is 0 Å². The second-order valence-electron chi connectivity index (χ2n) is 5.38. The Labute approximate surface area is 104 Å². The molecule has 2 atom stereocenters. The van der Waals surface area contributed by atoms with Gasteiger partial charge in [0.05, 0.1) is 5.69 Å². The molecule has 2 unspecified atom stereocenters. The molecule has 2 heterocycles. The van der Waals surface area contributed by atoms with Crippen molar-refractivity contribution in [2.75, 3.05) is 26.2 Å². The molecule has 94 valence electrons. The monoisotopic (exact) mass is 233 g/mol. The van der Waals surface area contributed by atoms with Crippen LogP contribution < -0.4 is 5.32 Å². The first kappa shape index (κ1) is 12.5. The molecule has 0 aromatic carbocycles. The van der Waals surface area contributed by atoms with Gasteiger partial charge in [0.2, 0.25) is 0 Å². The van der Waals surface area contributed by atoms with E-state index in [1.54, 1.807) is 0 Å². The molecule has 1 N–H and O–H groups in total. The minimum atomic E-state index is 0.714. The van der Waals surface area contributed by atoms with Crippen LogP contribution in [0.3, 0.4) is 0 Å². The molecule has 1 aromatic heterocycles. The van der Waals surface area contributed by atoms with Crippen LogP contribution in [0.25, 0.3) is 0 Å². The summed E-state index contributed by atoms with van der Waals surface area (Å²) in [5.41, 5.74) is 1.18. The van der Waals surface area contributed by atoms with Gasteiger partial charge in [-0.15, -0.1) is 0 Å². The van der Waals surface area contributed by atoms with E-state index in [2.05, 4.69) is 41.2 Å². The van der Waals surface area contributed by atoms with Crippen molar-refractivity contribution in [2.24, 2.45) is 11.8 Å². The Balaban J connectivity index is 1.96. The maximum Gasteiger partial charge on any atom is 0.0543 e. The number of nitrogens with one attached hydrogen (secondary N) is 1. The summed E-state index contributed by atoms with van der Waals surface area (Å²) in [4.78, 5) is 6.96. The minimum absolute atomic E-state index is 0.714. The summed E-state index contributed by atoms with van der Waals surface area (Å²) in [7, 11) is 0. The topological polar surface area (TPSA) is 28.2 Å². The molecule has 1 fully saturated rings. The maximum atomic E-state index is 4.42. The van der Waals surface area contributed by atoms with E-state index >= 15 is 0 Å². The van der Waals surface area contributed by atoms with Crippen molar-refractivity contribution in [3.63, 3.8) is 0 Å². The van der Waals surface area contributed by atoms with Crippen LogP contribution in [0.1, 0.15) is 19.5 Å². The average molecular weight is 233 g/mol. The van der Waals surface area contributed by atoms with E-state index in [0.717, 1.165) is 32.7 Å². The van der Waals surface area contributed by atoms with Crippen LogP contribution in [0.15, 0.2) is 24.4 Å². The van der Waals surface area contributed by atoms with E-state index in [1.165, 1.54) is 5.69 Å². The molecule has 1 saturated heterocycles. The van der Waals surface area contributed by atoms with Gasteiger partial charge in [-0.3, -0.25) is 9.88 Å². The van der Waals surface area contributed by atoms with Crippen molar-refractivity contribution in [1.29, 1.82) is 0 Å². The lowest BCUT2D eigenvalue weighted by atomic mass is 10.1. The first-order valence-electron chi connectivity index (χ1n) is 6.57. The van der Waals surface area contributed by atoms with Crippen LogP contribution in [0.4, 0.5) is 0 Å². The molecule has 1 aliphatic heterocycles. The lowest BCUT2D eigenvalue weighted by Crippen LogP contribution is -2.42. The van der Waals surface area contributed by atoms with Crippen LogP contribution >= 0.6 is 0 Å². The summed E-state index contributed by atoms with van der Waals surface area (Å²) in [5, 5.41) is 3.53. The number of rotatable bonds is 2. The fourth-order valence-corrected chi connectivity index (χ4v) is 2.51. The van der Waals surface area contributed by atoms with Gasteiger partial charge in [0.15, 0.2) is 0 Å². The smallest absolute Gasteiger partial charge is 0.0543 e. The number of aromatic nitrogens is 1. The summed E-state index contributed by atoms with van der Waals surface area (Å²) in [6, 6.07) is 6.17. The Morgan fingerprint density at radius 1 is 1.24 bits per heavy atom. The minimum Gasteiger partial charge on any atom is -0.316 e. The fraction of sp³-hybridized carbons (Fsp3) is 0.643. The molecule has 0 aliphatic carbocycles. The summed E-state index contributed by atoms with van der Waals surface area (Å²) in [5.74, 6) is 1.43. The normalized spacial score (nSPS) is 27.4. The van der Waals surface area contributed by atoms with Gasteiger partial charge in [-0.05, 0) is 37.1 Å². The molecule has 2 rings (SSSR count). The fourth-order valence-electron chi connectivity index (χ4n) is 2.51. The first-order valence-corrected chi connectivity index (χ1v) is 6.57. The van der Waals surface area contributed by atoms with Crippen LogP contribution in [0.2, 0.25) is 0 Å². The Kier molecular flexibility index (Phi) is 4.51. The van der Waals surface area contributed by atoms with Crippen molar-refractivity contribution >= 4 is 0 Å². The van der Waals surface area contributed by atoms with E-state index in [1.807, 2.05) is 12.3 Å². The number of nitrogens with zero attached hydrogens (tertiary/aromatic N) is 2. The van der Waals surface area contributed by atoms with E-state index in [0.29, 0.717) is 11.8 Å². The Bertz CT molecular complexity index is 313. The van der Waals surface area contributed by atoms with Crippen LogP contribution in [-0.2, 0) is 6.54 Å². The summed E-state index contributed by atoms with van der Waals surface area (Å²) in [6.45, 7) is 10.2. The molecule has 1 aliphatic rings. The molecule has 0 saturated carbocycles. The third-order valence-corrected chi connectivity index (χ3v) is 3.24. The average Bonchev–Trinajstić information content (AvgIpc) is 2.28. The van der Waals surface area contributed by atoms with Gasteiger partial charge in [-0.25, -0.2) is 0 Å². The molecule has 1 aromatic rings. The predicted molar refractivity (Wildman–Crippen MR) is 70.7 cm³/mol. The van der Waals surface area contributed by atoms with E-state index in [4.69, 9.17) is 0 Å². The molecule has 0 spiro atoms. The van der Waals surface area contributed by atoms with Gasteiger partial charge in [0.1, 0.15) is 0 Å². The van der Waals surface area contributed by atoms with Crippen LogP contribution in [-0.4, -0.2) is 36.1 Å². The number of hydrogen-bond donors (Lipinski definition) is 1. The van der Waals surface area contributed by atoms with Gasteiger partial charge >= 0.3 is 0 Å². The molecule has 0 bridgehead atoms. The highest BCUT2D eigenvalue weighted by Gasteiger charge is 2.17. The highest BCUT2D eigenvalue weighted by Crippen LogP contribution is 2.10. The summed E-state index contributed by atoms with van der Waals surface area (Å²) in [6.07, 6.45) is 1.88. The van der Waals surface area contributed by atoms with Crippen LogP contribution in [0.5, 0.6) is 0 Å². The van der Waals surface area contributed by atoms with E-state index < -0.39 is 0 Å². The zero-order valence-electron chi connectivity index (χ0n) is 10.9. The van der Waals surface area contributed by atoms with Gasteiger partial charge in [-0.2, -0.15) is 0 Å². The lowest BCUT2D eigenvalue weighted by molar-refractivity contribution is 0.177. The van der Waals surface area contributed by atoms with E-state index in [-0.39, 0.29) is 0 Å². The molecular weight excluding hydrogens is 210 g/mol. The maximum absolute atomic E-state index is 4.42. The molecule has 0 amide bonds. The van der Waals surface area contributed by atoms with Crippen molar-refractivity contribution in [3.8, 4) is 0 Å². The second kappa shape index (κ2) is 6.12. The van der Waals surface area contributed by atoms with Crippen molar-refractivity contribution in [2.45, 2.75) is 20.4 Å². The molecule has 17 heavy (non-hydrogen) atoms. The largest absolute Gasteiger partial charge is 0.316 e. The third kappa shape index (κ3) is 4.10. The molecular formula is C14H23N3. The zero-order valence-corrected chi connectivity index (χ0v) is 10.9. The first-order chi connectivity index (χ1) is 8.24. The van der Waals surface area contributed by atoms with Crippen molar-refractivity contribution in [3.05, 3.63) is 30.1 Å². The lowest BCUT2D eigenvalue weighted by Gasteiger charge is -2.31. The van der Waals surface area contributed by atoms with Crippen molar-refractivity contribution in [1.82, 2.24) is 15.2 Å². The van der Waals surface area contributed by atoms with Gasteiger partial charge < -0.3 is 5.32 Å². The standard InChI is InChI=1S/C14H23N3/c1-12-7-15-8-13(2)10-17(9-12)11-14-5-3-4-6-16-14/h3-6,12-13,15H,7-11H2,1-2H3. The predicted octanol–water partition coefficient (Wildman–Crippen LogP) is 1.76. The second-order valence-corrected chi connectivity index (χ2v) is 5.38. The highest BCUT2D eigenvalue weighted by molar-refractivity contribution is 5.03.